The number of alkyl halides is 1. The first-order valence-corrected chi connectivity index (χ1v) is 6.17. The highest BCUT2D eigenvalue weighted by atomic mass is 79.9. The molecule has 13 heavy (non-hydrogen) atoms. The zero-order valence-corrected chi connectivity index (χ0v) is 10.3. The van der Waals surface area contributed by atoms with Gasteiger partial charge in [0.1, 0.15) is 0 Å². The average molecular weight is 306 g/mol. The molecule has 1 aromatic carbocycles. The lowest BCUT2D eigenvalue weighted by atomic mass is 9.99. The van der Waals surface area contributed by atoms with Gasteiger partial charge < -0.3 is 4.74 Å². The van der Waals surface area contributed by atoms with Crippen LogP contribution in [0.4, 0.5) is 0 Å². The van der Waals surface area contributed by atoms with Crippen molar-refractivity contribution in [3.8, 4) is 0 Å². The molecule has 0 amide bonds. The summed E-state index contributed by atoms with van der Waals surface area (Å²) < 4.78 is 6.67. The van der Waals surface area contributed by atoms with Gasteiger partial charge in [-0.05, 0) is 29.2 Å². The van der Waals surface area contributed by atoms with Crippen LogP contribution in [0.3, 0.4) is 0 Å². The topological polar surface area (TPSA) is 9.23 Å². The second kappa shape index (κ2) is 4.11. The minimum Gasteiger partial charge on any atom is -0.376 e. The average Bonchev–Trinajstić information content (AvgIpc) is 2.19. The number of hydrogen-bond donors (Lipinski definition) is 0. The molecule has 0 aliphatic carbocycles. The van der Waals surface area contributed by atoms with E-state index in [-0.39, 0.29) is 0 Å². The van der Waals surface area contributed by atoms with Crippen LogP contribution in [0, 0.1) is 0 Å². The van der Waals surface area contributed by atoms with E-state index in [2.05, 4.69) is 44.0 Å². The van der Waals surface area contributed by atoms with Gasteiger partial charge in [-0.1, -0.05) is 37.9 Å². The Hall–Kier alpha value is 0.140. The number of benzene rings is 1. The number of fused-ring (bicyclic) bond motifs is 1. The predicted molar refractivity (Wildman–Crippen MR) is 60.1 cm³/mol. The molecule has 0 aromatic heterocycles. The molecule has 0 fully saturated rings. The smallest absolute Gasteiger partial charge is 0.0723 e. The first kappa shape index (κ1) is 9.69. The molecule has 0 spiro atoms. The van der Waals surface area contributed by atoms with Crippen molar-refractivity contribution in [2.24, 2.45) is 0 Å². The van der Waals surface area contributed by atoms with E-state index in [1.165, 1.54) is 21.2 Å². The van der Waals surface area contributed by atoms with Crippen molar-refractivity contribution >= 4 is 31.9 Å². The summed E-state index contributed by atoms with van der Waals surface area (Å²) in [5.74, 6) is 0. The van der Waals surface area contributed by atoms with Crippen LogP contribution >= 0.6 is 31.9 Å². The van der Waals surface area contributed by atoms with E-state index in [9.17, 15) is 0 Å². The summed E-state index contributed by atoms with van der Waals surface area (Å²) in [7, 11) is 0. The van der Waals surface area contributed by atoms with E-state index < -0.39 is 0 Å². The Morgan fingerprint density at radius 1 is 1.31 bits per heavy atom. The van der Waals surface area contributed by atoms with Crippen LogP contribution in [0.25, 0.3) is 0 Å². The monoisotopic (exact) mass is 304 g/mol. The van der Waals surface area contributed by atoms with Gasteiger partial charge in [0.15, 0.2) is 0 Å². The van der Waals surface area contributed by atoms with Crippen LogP contribution in [0.15, 0.2) is 16.6 Å². The van der Waals surface area contributed by atoms with Gasteiger partial charge >= 0.3 is 0 Å². The third-order valence-electron chi connectivity index (χ3n) is 2.36. The van der Waals surface area contributed by atoms with Crippen molar-refractivity contribution in [1.29, 1.82) is 0 Å². The van der Waals surface area contributed by atoms with Crippen molar-refractivity contribution in [3.63, 3.8) is 0 Å². The van der Waals surface area contributed by atoms with E-state index >= 15 is 0 Å². The highest BCUT2D eigenvalue weighted by molar-refractivity contribution is 9.10. The molecule has 3 heteroatoms. The predicted octanol–water partition coefficient (Wildman–Crippen LogP) is 3.42. The molecule has 0 saturated carbocycles. The third kappa shape index (κ3) is 1.83. The van der Waals surface area contributed by atoms with Crippen molar-refractivity contribution in [3.05, 3.63) is 33.3 Å². The molecule has 70 valence electrons. The van der Waals surface area contributed by atoms with E-state index in [4.69, 9.17) is 4.74 Å². The zero-order chi connectivity index (χ0) is 9.26. The molecule has 0 bridgehead atoms. The number of hydrogen-bond acceptors (Lipinski definition) is 1. The van der Waals surface area contributed by atoms with E-state index in [0.29, 0.717) is 0 Å². The fourth-order valence-electron chi connectivity index (χ4n) is 1.64. The Balaban J connectivity index is 2.52. The molecule has 0 N–H and O–H groups in total. The van der Waals surface area contributed by atoms with Crippen LogP contribution in [-0.4, -0.2) is 6.61 Å². The summed E-state index contributed by atoms with van der Waals surface area (Å²) in [5.41, 5.74) is 4.12. The summed E-state index contributed by atoms with van der Waals surface area (Å²) in [6, 6.07) is 4.27. The van der Waals surface area contributed by atoms with Gasteiger partial charge in [0.05, 0.1) is 13.2 Å². The van der Waals surface area contributed by atoms with Gasteiger partial charge in [-0.25, -0.2) is 0 Å². The maximum absolute atomic E-state index is 5.45. The minimum absolute atomic E-state index is 0.760. The first-order chi connectivity index (χ1) is 6.33. The number of ether oxygens (including phenoxy) is 1. The molecule has 0 saturated heterocycles. The molecule has 0 unspecified atom stereocenters. The van der Waals surface area contributed by atoms with E-state index in [1.807, 2.05) is 0 Å². The molecule has 0 radical (unpaired) electrons. The third-order valence-corrected chi connectivity index (χ3v) is 3.70. The largest absolute Gasteiger partial charge is 0.376 e. The highest BCUT2D eigenvalue weighted by Gasteiger charge is 2.15. The lowest BCUT2D eigenvalue weighted by Gasteiger charge is -2.20. The van der Waals surface area contributed by atoms with Gasteiger partial charge in [-0.2, -0.15) is 0 Å². The van der Waals surface area contributed by atoms with Gasteiger partial charge in [-0.15, -0.1) is 0 Å². The van der Waals surface area contributed by atoms with Crippen LogP contribution in [0.2, 0.25) is 0 Å². The number of halogens is 2. The molecule has 1 aliphatic rings. The van der Waals surface area contributed by atoms with Crippen molar-refractivity contribution in [2.75, 3.05) is 6.61 Å². The van der Waals surface area contributed by atoms with Crippen molar-refractivity contribution in [2.45, 2.75) is 18.4 Å². The Morgan fingerprint density at radius 2 is 2.15 bits per heavy atom. The van der Waals surface area contributed by atoms with Gasteiger partial charge in [0.2, 0.25) is 0 Å². The van der Waals surface area contributed by atoms with Gasteiger partial charge in [0, 0.05) is 9.80 Å². The summed E-state index contributed by atoms with van der Waals surface area (Å²) in [6.45, 7) is 1.60. The number of rotatable bonds is 1. The summed E-state index contributed by atoms with van der Waals surface area (Å²) in [4.78, 5) is 0. The standard InChI is InChI=1S/C10H10Br2O/c11-5-7-1-2-10(12)8-3-4-13-6-9(7)8/h1-2H,3-6H2. The lowest BCUT2D eigenvalue weighted by Crippen LogP contribution is -2.12. The molecule has 1 heterocycles. The molecular formula is C10H10Br2O. The Labute approximate surface area is 94.7 Å². The van der Waals surface area contributed by atoms with Gasteiger partial charge in [0.25, 0.3) is 0 Å². The molecule has 1 aliphatic heterocycles. The molecule has 1 nitrogen and oxygen atoms in total. The quantitative estimate of drug-likeness (QED) is 0.723. The van der Waals surface area contributed by atoms with Gasteiger partial charge in [-0.3, -0.25) is 0 Å². The van der Waals surface area contributed by atoms with Crippen LogP contribution in [0.1, 0.15) is 16.7 Å². The maximum atomic E-state index is 5.45. The maximum Gasteiger partial charge on any atom is 0.0723 e. The zero-order valence-electron chi connectivity index (χ0n) is 7.15. The van der Waals surface area contributed by atoms with E-state index in [0.717, 1.165) is 25.0 Å². The van der Waals surface area contributed by atoms with Crippen molar-refractivity contribution in [1.82, 2.24) is 0 Å². The molecular weight excluding hydrogens is 296 g/mol. The van der Waals surface area contributed by atoms with E-state index in [1.54, 1.807) is 0 Å². The second-order valence-corrected chi connectivity index (χ2v) is 4.51. The Morgan fingerprint density at radius 3 is 2.92 bits per heavy atom. The van der Waals surface area contributed by atoms with Crippen LogP contribution in [0.5, 0.6) is 0 Å². The Kier molecular flexibility index (Phi) is 3.06. The fourth-order valence-corrected chi connectivity index (χ4v) is 2.73. The SMILES string of the molecule is BrCc1ccc(Br)c2c1COCC2. The molecule has 2 rings (SSSR count). The van der Waals surface area contributed by atoms with Crippen LogP contribution < -0.4 is 0 Å². The molecule has 0 atom stereocenters. The second-order valence-electron chi connectivity index (χ2n) is 3.10. The molecule has 1 aromatic rings. The normalized spacial score (nSPS) is 15.5. The lowest BCUT2D eigenvalue weighted by molar-refractivity contribution is 0.110. The summed E-state index contributed by atoms with van der Waals surface area (Å²) in [6.07, 6.45) is 1.02. The summed E-state index contributed by atoms with van der Waals surface area (Å²) >= 11 is 7.06. The summed E-state index contributed by atoms with van der Waals surface area (Å²) in [5, 5.41) is 0.909. The first-order valence-electron chi connectivity index (χ1n) is 4.25. The fraction of sp³-hybridized carbons (Fsp3) is 0.400. The Bertz CT molecular complexity index is 323. The van der Waals surface area contributed by atoms with Crippen molar-refractivity contribution < 1.29 is 4.74 Å². The highest BCUT2D eigenvalue weighted by Crippen LogP contribution is 2.29. The minimum atomic E-state index is 0.760. The van der Waals surface area contributed by atoms with Crippen LogP contribution in [-0.2, 0) is 23.1 Å².